The molecule has 150 valence electrons. The zero-order chi connectivity index (χ0) is 19.8. The molecule has 0 unspecified atom stereocenters. The average Bonchev–Trinajstić information content (AvgIpc) is 2.86. The van der Waals surface area contributed by atoms with Gasteiger partial charge in [-0.25, -0.2) is 0 Å². The van der Waals surface area contributed by atoms with Crippen LogP contribution in [-0.2, 0) is 17.5 Å². The summed E-state index contributed by atoms with van der Waals surface area (Å²) in [4.78, 5) is 17.9. The third-order valence-corrected chi connectivity index (χ3v) is 13.1. The van der Waals surface area contributed by atoms with Crippen molar-refractivity contribution >= 4 is 14.1 Å². The van der Waals surface area contributed by atoms with Crippen molar-refractivity contribution in [2.45, 2.75) is 84.0 Å². The maximum Gasteiger partial charge on any atom is 0.200 e. The van der Waals surface area contributed by atoms with E-state index in [0.29, 0.717) is 29.0 Å². The number of carbonyl (C=O) groups excluding carboxylic acids is 1. The van der Waals surface area contributed by atoms with Gasteiger partial charge in [-0.1, -0.05) is 41.5 Å². The summed E-state index contributed by atoms with van der Waals surface area (Å²) < 4.78 is 6.71. The molecule has 0 saturated carbocycles. The molecule has 1 fully saturated rings. The highest BCUT2D eigenvalue weighted by molar-refractivity contribution is 6.77. The standard InChI is InChI=1S/C22H36N2O2Si/c1-15(2)27(16(3)4,17(5)6)26-14-18-7-8-19-20(24-18)13-22(21(19)25)9-11-23-12-10-22/h7-8,15-17,23H,9-14H2,1-6H3. The van der Waals surface area contributed by atoms with Gasteiger partial charge in [0.2, 0.25) is 8.32 Å². The summed E-state index contributed by atoms with van der Waals surface area (Å²) in [7, 11) is -1.90. The van der Waals surface area contributed by atoms with Crippen molar-refractivity contribution in [3.8, 4) is 0 Å². The van der Waals surface area contributed by atoms with Crippen molar-refractivity contribution in [2.75, 3.05) is 13.1 Å². The van der Waals surface area contributed by atoms with Gasteiger partial charge in [0, 0.05) is 17.4 Å². The second kappa shape index (κ2) is 7.76. The lowest BCUT2D eigenvalue weighted by molar-refractivity contribution is 0.0761. The van der Waals surface area contributed by atoms with E-state index in [2.05, 4.69) is 46.9 Å². The normalized spacial score (nSPS) is 19.5. The van der Waals surface area contributed by atoms with E-state index in [9.17, 15) is 4.79 Å². The van der Waals surface area contributed by atoms with Gasteiger partial charge in [0.25, 0.3) is 0 Å². The second-order valence-corrected chi connectivity index (χ2v) is 14.9. The van der Waals surface area contributed by atoms with Crippen LogP contribution in [-0.4, -0.2) is 32.2 Å². The van der Waals surface area contributed by atoms with Crippen LogP contribution in [0.2, 0.25) is 16.6 Å². The zero-order valence-electron chi connectivity index (χ0n) is 17.9. The van der Waals surface area contributed by atoms with E-state index < -0.39 is 8.32 Å². The number of aromatic nitrogens is 1. The SMILES string of the molecule is CC(C)[Si](OCc1ccc2c(n1)CC1(CCNCC1)C2=O)(C(C)C)C(C)C. The molecule has 2 heterocycles. The van der Waals surface area contributed by atoms with Crippen LogP contribution in [0.25, 0.3) is 0 Å². The van der Waals surface area contributed by atoms with Crippen molar-refractivity contribution in [3.63, 3.8) is 0 Å². The minimum absolute atomic E-state index is 0.202. The van der Waals surface area contributed by atoms with Crippen LogP contribution in [0.3, 0.4) is 0 Å². The molecular weight excluding hydrogens is 352 g/mol. The molecule has 1 aromatic heterocycles. The van der Waals surface area contributed by atoms with Crippen LogP contribution in [0.4, 0.5) is 0 Å². The predicted molar refractivity (Wildman–Crippen MR) is 113 cm³/mol. The van der Waals surface area contributed by atoms with Crippen molar-refractivity contribution in [1.82, 2.24) is 10.3 Å². The topological polar surface area (TPSA) is 51.2 Å². The fraction of sp³-hybridized carbons (Fsp3) is 0.727. The minimum Gasteiger partial charge on any atom is -0.410 e. The Labute approximate surface area is 165 Å². The Bertz CT molecular complexity index is 672. The molecule has 3 rings (SSSR count). The molecule has 1 aromatic rings. The van der Waals surface area contributed by atoms with Gasteiger partial charge in [0.1, 0.15) is 0 Å². The summed E-state index contributed by atoms with van der Waals surface area (Å²) in [5, 5.41) is 3.38. The van der Waals surface area contributed by atoms with Crippen molar-refractivity contribution in [3.05, 3.63) is 29.1 Å². The van der Waals surface area contributed by atoms with Gasteiger partial charge < -0.3 is 9.74 Å². The van der Waals surface area contributed by atoms with Crippen molar-refractivity contribution in [2.24, 2.45) is 5.41 Å². The Morgan fingerprint density at radius 3 is 2.22 bits per heavy atom. The molecule has 0 radical (unpaired) electrons. The Morgan fingerprint density at radius 2 is 1.67 bits per heavy atom. The number of pyridine rings is 1. The molecule has 0 atom stereocenters. The number of hydrogen-bond donors (Lipinski definition) is 1. The first-order chi connectivity index (χ1) is 12.7. The molecule has 1 saturated heterocycles. The highest BCUT2D eigenvalue weighted by Crippen LogP contribution is 2.44. The summed E-state index contributed by atoms with van der Waals surface area (Å²) >= 11 is 0. The van der Waals surface area contributed by atoms with E-state index in [-0.39, 0.29) is 5.41 Å². The van der Waals surface area contributed by atoms with Crippen LogP contribution < -0.4 is 5.32 Å². The molecule has 5 heteroatoms. The Kier molecular flexibility index (Phi) is 5.95. The Balaban J connectivity index is 1.79. The maximum atomic E-state index is 13.0. The van der Waals surface area contributed by atoms with E-state index >= 15 is 0 Å². The number of hydrogen-bond acceptors (Lipinski definition) is 4. The number of rotatable bonds is 6. The first-order valence-electron chi connectivity index (χ1n) is 10.6. The fourth-order valence-corrected chi connectivity index (χ4v) is 11.1. The minimum atomic E-state index is -1.90. The van der Waals surface area contributed by atoms with Crippen LogP contribution >= 0.6 is 0 Å². The van der Waals surface area contributed by atoms with Gasteiger partial charge in [-0.15, -0.1) is 0 Å². The van der Waals surface area contributed by atoms with Crippen molar-refractivity contribution in [1.29, 1.82) is 0 Å². The highest BCUT2D eigenvalue weighted by atomic mass is 28.4. The van der Waals surface area contributed by atoms with E-state index in [4.69, 9.17) is 9.41 Å². The molecule has 1 aliphatic carbocycles. The lowest BCUT2D eigenvalue weighted by Crippen LogP contribution is -2.47. The molecule has 4 nitrogen and oxygen atoms in total. The molecule has 0 aromatic carbocycles. The third-order valence-electron chi connectivity index (χ3n) is 7.00. The molecular formula is C22H36N2O2Si. The maximum absolute atomic E-state index is 13.0. The predicted octanol–water partition coefficient (Wildman–Crippen LogP) is 4.88. The van der Waals surface area contributed by atoms with Gasteiger partial charge in [-0.2, -0.15) is 0 Å². The summed E-state index contributed by atoms with van der Waals surface area (Å²) in [6, 6.07) is 4.01. The van der Waals surface area contributed by atoms with Crippen LogP contribution in [0.15, 0.2) is 12.1 Å². The number of fused-ring (bicyclic) bond motifs is 1. The lowest BCUT2D eigenvalue weighted by atomic mass is 9.76. The smallest absolute Gasteiger partial charge is 0.200 e. The number of Topliss-reactive ketones (excluding diaryl/α,β-unsaturated/α-hetero) is 1. The summed E-state index contributed by atoms with van der Waals surface area (Å²) in [6.07, 6.45) is 2.66. The zero-order valence-corrected chi connectivity index (χ0v) is 18.9. The van der Waals surface area contributed by atoms with E-state index in [1.165, 1.54) is 0 Å². The highest BCUT2D eigenvalue weighted by Gasteiger charge is 2.47. The molecule has 27 heavy (non-hydrogen) atoms. The van der Waals surface area contributed by atoms with Gasteiger partial charge >= 0.3 is 0 Å². The Morgan fingerprint density at radius 1 is 1.07 bits per heavy atom. The number of piperidine rings is 1. The van der Waals surface area contributed by atoms with Crippen LogP contribution in [0.1, 0.15) is 76.1 Å². The molecule has 0 amide bonds. The lowest BCUT2D eigenvalue weighted by Gasteiger charge is -2.42. The Hall–Kier alpha value is -1.04. The number of carbonyl (C=O) groups is 1. The third kappa shape index (κ3) is 3.54. The average molecular weight is 389 g/mol. The molecule has 0 bridgehead atoms. The van der Waals surface area contributed by atoms with Crippen molar-refractivity contribution < 1.29 is 9.22 Å². The second-order valence-electron chi connectivity index (χ2n) is 9.44. The van der Waals surface area contributed by atoms with Gasteiger partial charge in [-0.05, 0) is 54.7 Å². The van der Waals surface area contributed by atoms with Crippen LogP contribution in [0.5, 0.6) is 0 Å². The number of nitrogens with zero attached hydrogens (tertiary/aromatic N) is 1. The van der Waals surface area contributed by atoms with E-state index in [0.717, 1.165) is 49.3 Å². The van der Waals surface area contributed by atoms with Gasteiger partial charge in [0.15, 0.2) is 5.78 Å². The number of nitrogens with one attached hydrogen (secondary N) is 1. The molecule has 1 aliphatic heterocycles. The molecule has 1 N–H and O–H groups in total. The monoisotopic (exact) mass is 388 g/mol. The fourth-order valence-electron chi connectivity index (χ4n) is 5.66. The summed E-state index contributed by atoms with van der Waals surface area (Å²) in [5.74, 6) is 0.314. The van der Waals surface area contributed by atoms with E-state index in [1.807, 2.05) is 12.1 Å². The van der Waals surface area contributed by atoms with Gasteiger partial charge in [-0.3, -0.25) is 9.78 Å². The van der Waals surface area contributed by atoms with Gasteiger partial charge in [0.05, 0.1) is 18.0 Å². The summed E-state index contributed by atoms with van der Waals surface area (Å²) in [5.41, 5.74) is 4.30. The molecule has 1 spiro atoms. The summed E-state index contributed by atoms with van der Waals surface area (Å²) in [6.45, 7) is 16.3. The number of ketones is 1. The molecule has 2 aliphatic rings. The quantitative estimate of drug-likeness (QED) is 0.706. The first-order valence-corrected chi connectivity index (χ1v) is 12.8. The first kappa shape index (κ1) is 20.7. The van der Waals surface area contributed by atoms with Crippen LogP contribution in [0, 0.1) is 5.41 Å². The largest absolute Gasteiger partial charge is 0.410 e. The van der Waals surface area contributed by atoms with E-state index in [1.54, 1.807) is 0 Å².